The predicted molar refractivity (Wildman–Crippen MR) is 59.2 cm³/mol. The second-order valence-electron chi connectivity index (χ2n) is 3.47. The molecule has 1 aromatic heterocycles. The fourth-order valence-corrected chi connectivity index (χ4v) is 1.43. The highest BCUT2D eigenvalue weighted by Gasteiger charge is 2.07. The van der Waals surface area contributed by atoms with Crippen LogP contribution in [0.25, 0.3) is 0 Å². The third kappa shape index (κ3) is 3.25. The Hall–Kier alpha value is -1.56. The molecule has 0 aromatic carbocycles. The Bertz CT molecular complexity index is 357. The van der Waals surface area contributed by atoms with Crippen LogP contribution >= 0.6 is 0 Å². The van der Waals surface area contributed by atoms with Crippen LogP contribution in [0.1, 0.15) is 37.4 Å². The molecule has 3 heteroatoms. The molecular formula is C12H16N3. The molecule has 3 nitrogen and oxygen atoms in total. The van der Waals surface area contributed by atoms with Crippen molar-refractivity contribution in [2.45, 2.75) is 39.2 Å². The molecule has 0 bridgehead atoms. The first-order valence-electron chi connectivity index (χ1n) is 5.31. The summed E-state index contributed by atoms with van der Waals surface area (Å²) in [6.07, 6.45) is 9.00. The lowest BCUT2D eigenvalue weighted by Crippen LogP contribution is -1.97. The molecule has 0 saturated heterocycles. The van der Waals surface area contributed by atoms with E-state index in [1.54, 1.807) is 10.8 Å². The van der Waals surface area contributed by atoms with E-state index < -0.39 is 0 Å². The van der Waals surface area contributed by atoms with Crippen molar-refractivity contribution in [3.63, 3.8) is 0 Å². The van der Waals surface area contributed by atoms with Crippen LogP contribution in [0.5, 0.6) is 0 Å². The number of aromatic nitrogens is 2. The average molecular weight is 202 g/mol. The van der Waals surface area contributed by atoms with E-state index in [1.807, 2.05) is 0 Å². The van der Waals surface area contributed by atoms with Gasteiger partial charge in [0.1, 0.15) is 17.8 Å². The van der Waals surface area contributed by atoms with Gasteiger partial charge in [-0.3, -0.25) is 4.68 Å². The maximum atomic E-state index is 8.90. The average Bonchev–Trinajstić information content (AvgIpc) is 2.62. The van der Waals surface area contributed by atoms with Crippen molar-refractivity contribution in [1.82, 2.24) is 9.78 Å². The number of nitriles is 1. The molecule has 0 aliphatic carbocycles. The van der Waals surface area contributed by atoms with E-state index >= 15 is 0 Å². The zero-order valence-electron chi connectivity index (χ0n) is 9.16. The Morgan fingerprint density at radius 3 is 3.00 bits per heavy atom. The van der Waals surface area contributed by atoms with Gasteiger partial charge in [-0.25, -0.2) is 0 Å². The molecule has 0 amide bonds. The van der Waals surface area contributed by atoms with Gasteiger partial charge in [0.2, 0.25) is 0 Å². The maximum Gasteiger partial charge on any atom is 0.106 e. The van der Waals surface area contributed by atoms with E-state index in [9.17, 15) is 0 Å². The first-order valence-corrected chi connectivity index (χ1v) is 5.31. The van der Waals surface area contributed by atoms with E-state index in [-0.39, 0.29) is 0 Å². The molecule has 0 aliphatic heterocycles. The van der Waals surface area contributed by atoms with Crippen LogP contribution in [0.15, 0.2) is 12.7 Å². The molecule has 0 aliphatic rings. The fourth-order valence-electron chi connectivity index (χ4n) is 1.43. The lowest BCUT2D eigenvalue weighted by atomic mass is 10.1. The van der Waals surface area contributed by atoms with E-state index in [1.165, 1.54) is 12.8 Å². The van der Waals surface area contributed by atoms with E-state index in [4.69, 9.17) is 5.26 Å². The van der Waals surface area contributed by atoms with Crippen molar-refractivity contribution in [3.8, 4) is 6.07 Å². The molecule has 1 rings (SSSR count). The molecule has 79 valence electrons. The number of nitrogens with zero attached hydrogens (tertiary/aromatic N) is 3. The van der Waals surface area contributed by atoms with Gasteiger partial charge in [-0.05, 0) is 12.8 Å². The Morgan fingerprint density at radius 2 is 2.40 bits per heavy atom. The third-order valence-electron chi connectivity index (χ3n) is 2.20. The highest BCUT2D eigenvalue weighted by Crippen LogP contribution is 2.09. The van der Waals surface area contributed by atoms with Crippen molar-refractivity contribution in [2.24, 2.45) is 0 Å². The van der Waals surface area contributed by atoms with Crippen LogP contribution in [0.3, 0.4) is 0 Å². The summed E-state index contributed by atoms with van der Waals surface area (Å²) >= 11 is 0. The second kappa shape index (κ2) is 6.02. The number of unbranched alkanes of at least 4 members (excludes halogenated alkanes) is 2. The summed E-state index contributed by atoms with van der Waals surface area (Å²) in [5, 5.41) is 13.2. The highest BCUT2D eigenvalue weighted by atomic mass is 15.3. The lowest BCUT2D eigenvalue weighted by molar-refractivity contribution is 0.656. The molecular weight excluding hydrogens is 186 g/mol. The number of aryl methyl sites for hydroxylation is 1. The minimum absolute atomic E-state index is 0.577. The SMILES string of the molecule is C=CCn1[c]c(C#N)c(CCCCC)n1. The zero-order valence-corrected chi connectivity index (χ0v) is 9.16. The first kappa shape index (κ1) is 11.5. The summed E-state index contributed by atoms with van der Waals surface area (Å²) in [6, 6.07) is 2.13. The molecule has 15 heavy (non-hydrogen) atoms. The summed E-state index contributed by atoms with van der Waals surface area (Å²) in [6.45, 7) is 6.41. The number of allylic oxidation sites excluding steroid dienone is 1. The second-order valence-corrected chi connectivity index (χ2v) is 3.47. The summed E-state index contributed by atoms with van der Waals surface area (Å²) in [5.41, 5.74) is 1.45. The van der Waals surface area contributed by atoms with Crippen LogP contribution in [-0.2, 0) is 13.0 Å². The third-order valence-corrected chi connectivity index (χ3v) is 2.20. The zero-order chi connectivity index (χ0) is 11.1. The van der Waals surface area contributed by atoms with Crippen molar-refractivity contribution >= 4 is 0 Å². The van der Waals surface area contributed by atoms with Gasteiger partial charge in [0.05, 0.1) is 12.2 Å². The van der Waals surface area contributed by atoms with Gasteiger partial charge in [0, 0.05) is 0 Å². The molecule has 0 fully saturated rings. The summed E-state index contributed by atoms with van der Waals surface area (Å²) in [5.74, 6) is 0. The Morgan fingerprint density at radius 1 is 1.60 bits per heavy atom. The minimum Gasteiger partial charge on any atom is -0.258 e. The normalized spacial score (nSPS) is 9.87. The fraction of sp³-hybridized carbons (Fsp3) is 0.500. The van der Waals surface area contributed by atoms with Crippen LogP contribution in [-0.4, -0.2) is 9.78 Å². The standard InChI is InChI=1S/C12H16N3/c1-3-5-6-7-12-11(9-13)10-15(14-12)8-4-2/h4H,2-3,5-8H2,1H3. The van der Waals surface area contributed by atoms with Gasteiger partial charge < -0.3 is 0 Å². The monoisotopic (exact) mass is 202 g/mol. The Labute approximate surface area is 91.0 Å². The van der Waals surface area contributed by atoms with Crippen molar-refractivity contribution < 1.29 is 0 Å². The van der Waals surface area contributed by atoms with Crippen molar-refractivity contribution in [3.05, 3.63) is 30.1 Å². The molecule has 1 radical (unpaired) electrons. The van der Waals surface area contributed by atoms with Gasteiger partial charge in [0.25, 0.3) is 0 Å². The van der Waals surface area contributed by atoms with E-state index in [0.29, 0.717) is 12.1 Å². The lowest BCUT2D eigenvalue weighted by Gasteiger charge is -1.96. The summed E-state index contributed by atoms with van der Waals surface area (Å²) in [7, 11) is 0. The largest absolute Gasteiger partial charge is 0.258 e. The van der Waals surface area contributed by atoms with Crippen LogP contribution < -0.4 is 0 Å². The van der Waals surface area contributed by atoms with E-state index in [0.717, 1.165) is 18.5 Å². The molecule has 0 unspecified atom stereocenters. The van der Waals surface area contributed by atoms with Crippen molar-refractivity contribution in [2.75, 3.05) is 0 Å². The Kier molecular flexibility index (Phi) is 4.62. The first-order chi connectivity index (χ1) is 7.31. The van der Waals surface area contributed by atoms with Crippen LogP contribution in [0.4, 0.5) is 0 Å². The highest BCUT2D eigenvalue weighted by molar-refractivity contribution is 5.30. The van der Waals surface area contributed by atoms with Gasteiger partial charge in [-0.2, -0.15) is 10.4 Å². The van der Waals surface area contributed by atoms with Crippen molar-refractivity contribution in [1.29, 1.82) is 5.26 Å². The van der Waals surface area contributed by atoms with Gasteiger partial charge >= 0.3 is 0 Å². The molecule has 0 spiro atoms. The quantitative estimate of drug-likeness (QED) is 0.525. The molecule has 0 atom stereocenters. The molecule has 1 aromatic rings. The molecule has 0 saturated carbocycles. The van der Waals surface area contributed by atoms with Gasteiger partial charge in [-0.15, -0.1) is 6.58 Å². The smallest absolute Gasteiger partial charge is 0.106 e. The molecule has 1 heterocycles. The summed E-state index contributed by atoms with van der Waals surface area (Å²) < 4.78 is 1.65. The Balaban J connectivity index is 2.68. The molecule has 0 N–H and O–H groups in total. The summed E-state index contributed by atoms with van der Waals surface area (Å²) in [4.78, 5) is 0. The van der Waals surface area contributed by atoms with Crippen LogP contribution in [0, 0.1) is 17.5 Å². The van der Waals surface area contributed by atoms with Gasteiger partial charge in [-0.1, -0.05) is 25.8 Å². The van der Waals surface area contributed by atoms with E-state index in [2.05, 4.69) is 30.9 Å². The minimum atomic E-state index is 0.577. The van der Waals surface area contributed by atoms with Gasteiger partial charge in [0.15, 0.2) is 0 Å². The predicted octanol–water partition coefficient (Wildman–Crippen LogP) is 2.47. The maximum absolute atomic E-state index is 8.90. The topological polar surface area (TPSA) is 41.6 Å². The number of rotatable bonds is 6. The van der Waals surface area contributed by atoms with Crippen LogP contribution in [0.2, 0.25) is 0 Å². The number of hydrogen-bond acceptors (Lipinski definition) is 2. The number of hydrogen-bond donors (Lipinski definition) is 0.